The Morgan fingerprint density at radius 2 is 2.43 bits per heavy atom. The minimum atomic E-state index is 0.468. The summed E-state index contributed by atoms with van der Waals surface area (Å²) in [6.07, 6.45) is 5.13. The van der Waals surface area contributed by atoms with E-state index in [1.807, 2.05) is 6.92 Å². The highest BCUT2D eigenvalue weighted by molar-refractivity contribution is 8.01. The van der Waals surface area contributed by atoms with Gasteiger partial charge in [0.2, 0.25) is 0 Å². The van der Waals surface area contributed by atoms with Crippen molar-refractivity contribution in [2.24, 2.45) is 0 Å². The minimum absolute atomic E-state index is 0.468. The quantitative estimate of drug-likeness (QED) is 0.470. The van der Waals surface area contributed by atoms with Crippen LogP contribution in [-0.4, -0.2) is 28.5 Å². The molecule has 3 nitrogen and oxygen atoms in total. The van der Waals surface area contributed by atoms with Crippen molar-refractivity contribution in [2.75, 3.05) is 13.1 Å². The number of aryl methyl sites for hydroxylation is 1. The summed E-state index contributed by atoms with van der Waals surface area (Å²) >= 11 is 3.36. The monoisotopic (exact) mass is 227 g/mol. The Bertz CT molecular complexity index is 316. The van der Waals surface area contributed by atoms with Crippen LogP contribution in [0.2, 0.25) is 0 Å². The normalized spacial score (nSPS) is 12.4. The average molecular weight is 227 g/mol. The molecule has 1 atom stereocenters. The lowest BCUT2D eigenvalue weighted by Crippen LogP contribution is -2.22. The lowest BCUT2D eigenvalue weighted by Gasteiger charge is -2.07. The molecule has 0 amide bonds. The minimum Gasteiger partial charge on any atom is -0.305 e. The van der Waals surface area contributed by atoms with Gasteiger partial charge in [-0.25, -0.2) is 0 Å². The van der Waals surface area contributed by atoms with Crippen LogP contribution in [0.5, 0.6) is 0 Å². The smallest absolute Gasteiger partial charge is 0.174 e. The molecule has 0 aliphatic heterocycles. The van der Waals surface area contributed by atoms with E-state index in [0.717, 1.165) is 15.9 Å². The second-order valence-corrected chi connectivity index (χ2v) is 5.72. The maximum Gasteiger partial charge on any atom is 0.174 e. The van der Waals surface area contributed by atoms with Crippen LogP contribution >= 0.6 is 23.1 Å². The van der Waals surface area contributed by atoms with Crippen molar-refractivity contribution in [3.05, 3.63) is 5.01 Å². The highest BCUT2D eigenvalue weighted by Gasteiger charge is 2.07. The number of rotatable bonds is 5. The van der Waals surface area contributed by atoms with E-state index in [0.29, 0.717) is 11.8 Å². The van der Waals surface area contributed by atoms with Crippen LogP contribution in [0.15, 0.2) is 4.34 Å². The second kappa shape index (κ2) is 6.02. The largest absolute Gasteiger partial charge is 0.305 e. The molecule has 0 aliphatic rings. The topological polar surface area (TPSA) is 37.8 Å². The molecule has 1 heterocycles. The number of nitrogens with zero attached hydrogens (tertiary/aromatic N) is 2. The molecule has 0 radical (unpaired) electrons. The van der Waals surface area contributed by atoms with E-state index in [1.54, 1.807) is 23.1 Å². The van der Waals surface area contributed by atoms with E-state index in [2.05, 4.69) is 28.4 Å². The third-order valence-corrected chi connectivity index (χ3v) is 3.49. The predicted molar refractivity (Wildman–Crippen MR) is 61.7 cm³/mol. The van der Waals surface area contributed by atoms with E-state index in [1.165, 1.54) is 0 Å². The summed E-state index contributed by atoms with van der Waals surface area (Å²) in [4.78, 5) is 0. The molecular formula is C9H13N3S2. The van der Waals surface area contributed by atoms with Crippen molar-refractivity contribution < 1.29 is 0 Å². The van der Waals surface area contributed by atoms with Crippen LogP contribution in [0, 0.1) is 19.3 Å². The Labute approximate surface area is 92.7 Å². The molecule has 0 saturated heterocycles. The zero-order valence-electron chi connectivity index (χ0n) is 8.28. The molecule has 0 spiro atoms. The third-order valence-electron chi connectivity index (χ3n) is 1.47. The summed E-state index contributed by atoms with van der Waals surface area (Å²) < 4.78 is 1.03. The molecule has 1 unspecified atom stereocenters. The SMILES string of the molecule is C#CCNCC(C)Sc1nnc(C)s1. The van der Waals surface area contributed by atoms with E-state index >= 15 is 0 Å². The predicted octanol–water partition coefficient (Wildman–Crippen LogP) is 1.55. The molecule has 0 bridgehead atoms. The number of aromatic nitrogens is 2. The molecule has 14 heavy (non-hydrogen) atoms. The number of terminal acetylenes is 1. The first-order chi connectivity index (χ1) is 6.72. The molecule has 0 aromatic carbocycles. The summed E-state index contributed by atoms with van der Waals surface area (Å²) in [5, 5.41) is 12.6. The van der Waals surface area contributed by atoms with Crippen LogP contribution < -0.4 is 5.32 Å². The fraction of sp³-hybridized carbons (Fsp3) is 0.556. The van der Waals surface area contributed by atoms with Gasteiger partial charge in [0.1, 0.15) is 5.01 Å². The highest BCUT2D eigenvalue weighted by atomic mass is 32.2. The molecule has 0 fully saturated rings. The second-order valence-electron chi connectivity index (χ2n) is 2.85. The van der Waals surface area contributed by atoms with Crippen molar-refractivity contribution in [1.29, 1.82) is 0 Å². The first-order valence-electron chi connectivity index (χ1n) is 4.33. The lowest BCUT2D eigenvalue weighted by atomic mass is 10.4. The van der Waals surface area contributed by atoms with Gasteiger partial charge in [-0.2, -0.15) is 0 Å². The zero-order valence-corrected chi connectivity index (χ0v) is 9.91. The van der Waals surface area contributed by atoms with Crippen LogP contribution in [0.4, 0.5) is 0 Å². The number of hydrogen-bond donors (Lipinski definition) is 1. The van der Waals surface area contributed by atoms with Gasteiger partial charge in [0.15, 0.2) is 4.34 Å². The zero-order chi connectivity index (χ0) is 10.4. The first-order valence-corrected chi connectivity index (χ1v) is 6.03. The molecule has 1 N–H and O–H groups in total. The van der Waals surface area contributed by atoms with Crippen LogP contribution in [0.3, 0.4) is 0 Å². The Kier molecular flexibility index (Phi) is 4.94. The average Bonchev–Trinajstić information content (AvgIpc) is 2.52. The summed E-state index contributed by atoms with van der Waals surface area (Å²) in [7, 11) is 0. The number of thioether (sulfide) groups is 1. The molecule has 5 heteroatoms. The van der Waals surface area contributed by atoms with Gasteiger partial charge in [0.25, 0.3) is 0 Å². The van der Waals surface area contributed by atoms with Gasteiger partial charge in [-0.1, -0.05) is 35.9 Å². The molecule has 1 aromatic rings. The Hall–Kier alpha value is -0.570. The molecule has 1 aromatic heterocycles. The van der Waals surface area contributed by atoms with Crippen LogP contribution in [0.1, 0.15) is 11.9 Å². The van der Waals surface area contributed by atoms with Crippen molar-refractivity contribution in [3.8, 4) is 12.3 Å². The fourth-order valence-electron chi connectivity index (χ4n) is 0.887. The van der Waals surface area contributed by atoms with Crippen molar-refractivity contribution in [1.82, 2.24) is 15.5 Å². The van der Waals surface area contributed by atoms with Gasteiger partial charge in [-0.15, -0.1) is 16.6 Å². The Morgan fingerprint density at radius 3 is 3.00 bits per heavy atom. The summed E-state index contributed by atoms with van der Waals surface area (Å²) in [6, 6.07) is 0. The van der Waals surface area contributed by atoms with Gasteiger partial charge in [-0.05, 0) is 6.92 Å². The van der Waals surface area contributed by atoms with Crippen molar-refractivity contribution in [3.63, 3.8) is 0 Å². The van der Waals surface area contributed by atoms with Crippen molar-refractivity contribution >= 4 is 23.1 Å². The lowest BCUT2D eigenvalue weighted by molar-refractivity contribution is 0.747. The molecule has 0 saturated carbocycles. The summed E-state index contributed by atoms with van der Waals surface area (Å²) in [5.41, 5.74) is 0. The van der Waals surface area contributed by atoms with E-state index < -0.39 is 0 Å². The van der Waals surface area contributed by atoms with Gasteiger partial charge in [0.05, 0.1) is 6.54 Å². The van der Waals surface area contributed by atoms with Crippen LogP contribution in [0.25, 0.3) is 0 Å². The molecular weight excluding hydrogens is 214 g/mol. The van der Waals surface area contributed by atoms with E-state index in [9.17, 15) is 0 Å². The molecule has 0 aliphatic carbocycles. The highest BCUT2D eigenvalue weighted by Crippen LogP contribution is 2.25. The first kappa shape index (κ1) is 11.5. The summed E-state index contributed by atoms with van der Waals surface area (Å²) in [5.74, 6) is 2.55. The molecule has 76 valence electrons. The maximum atomic E-state index is 5.13. The summed E-state index contributed by atoms with van der Waals surface area (Å²) in [6.45, 7) is 5.63. The Balaban J connectivity index is 2.27. The van der Waals surface area contributed by atoms with Gasteiger partial charge in [-0.3, -0.25) is 0 Å². The molecule has 1 rings (SSSR count). The van der Waals surface area contributed by atoms with E-state index in [-0.39, 0.29) is 0 Å². The van der Waals surface area contributed by atoms with Gasteiger partial charge < -0.3 is 5.32 Å². The van der Waals surface area contributed by atoms with E-state index in [4.69, 9.17) is 6.42 Å². The van der Waals surface area contributed by atoms with Crippen LogP contribution in [-0.2, 0) is 0 Å². The van der Waals surface area contributed by atoms with Gasteiger partial charge >= 0.3 is 0 Å². The third kappa shape index (κ3) is 4.09. The standard InChI is InChI=1S/C9H13N3S2/c1-4-5-10-6-7(2)13-9-12-11-8(3)14-9/h1,7,10H,5-6H2,2-3H3. The maximum absolute atomic E-state index is 5.13. The van der Waals surface area contributed by atoms with Gasteiger partial charge in [0, 0.05) is 11.8 Å². The number of nitrogens with one attached hydrogen (secondary N) is 1. The fourth-order valence-corrected chi connectivity index (χ4v) is 2.98. The van der Waals surface area contributed by atoms with Crippen molar-refractivity contribution in [2.45, 2.75) is 23.4 Å². The number of hydrogen-bond acceptors (Lipinski definition) is 5. The Morgan fingerprint density at radius 1 is 1.64 bits per heavy atom.